The van der Waals surface area contributed by atoms with E-state index < -0.39 is 11.9 Å². The molecule has 1 rings (SSSR count). The normalized spacial score (nSPS) is 10.2. The number of anilines is 1. The second kappa shape index (κ2) is 4.90. The maximum atomic E-state index is 11.2. The molecule has 0 aromatic carbocycles. The molecule has 0 aliphatic heterocycles. The van der Waals surface area contributed by atoms with E-state index in [1.54, 1.807) is 25.3 Å². The number of nitrogens with zero attached hydrogens (tertiary/aromatic N) is 1. The second-order valence-electron chi connectivity index (χ2n) is 2.83. The zero-order valence-electron chi connectivity index (χ0n) is 8.10. The summed E-state index contributed by atoms with van der Waals surface area (Å²) in [5.74, 6) is -1.25. The van der Waals surface area contributed by atoms with Crippen LogP contribution in [0.5, 0.6) is 0 Å². The fraction of sp³-hybridized carbons (Fsp3) is 0.100. The maximum absolute atomic E-state index is 11.2. The molecule has 0 fully saturated rings. The van der Waals surface area contributed by atoms with E-state index in [0.717, 1.165) is 17.7 Å². The first-order valence-electron chi connectivity index (χ1n) is 4.23. The number of hydrogen-bond donors (Lipinski definition) is 2. The Morgan fingerprint density at radius 3 is 2.80 bits per heavy atom. The van der Waals surface area contributed by atoms with Gasteiger partial charge >= 0.3 is 5.97 Å². The largest absolute Gasteiger partial charge is 0.478 e. The van der Waals surface area contributed by atoms with Crippen molar-refractivity contribution in [2.75, 3.05) is 5.32 Å². The van der Waals surface area contributed by atoms with Gasteiger partial charge in [0.25, 0.3) is 0 Å². The first kappa shape index (κ1) is 10.9. The van der Waals surface area contributed by atoms with Crippen molar-refractivity contribution in [1.82, 2.24) is 4.98 Å². The van der Waals surface area contributed by atoms with Crippen molar-refractivity contribution in [3.05, 3.63) is 36.0 Å². The number of pyridine rings is 1. The molecule has 15 heavy (non-hydrogen) atoms. The van der Waals surface area contributed by atoms with Gasteiger partial charge in [-0.2, -0.15) is 0 Å². The van der Waals surface area contributed by atoms with Gasteiger partial charge in [0, 0.05) is 18.3 Å². The highest BCUT2D eigenvalue weighted by Crippen LogP contribution is 2.08. The molecule has 1 aromatic heterocycles. The quantitative estimate of drug-likeness (QED) is 0.722. The molecule has 2 N–H and O–H groups in total. The molecule has 0 atom stereocenters. The molecule has 1 heterocycles. The van der Waals surface area contributed by atoms with Crippen LogP contribution in [-0.2, 0) is 9.59 Å². The number of aliphatic carboxylic acids is 1. The molecule has 0 saturated carbocycles. The molecule has 1 aromatic rings. The zero-order chi connectivity index (χ0) is 11.3. The minimum Gasteiger partial charge on any atom is -0.478 e. The fourth-order valence-corrected chi connectivity index (χ4v) is 0.922. The highest BCUT2D eigenvalue weighted by atomic mass is 16.4. The summed E-state index contributed by atoms with van der Waals surface area (Å²) >= 11 is 0. The Morgan fingerprint density at radius 2 is 2.20 bits per heavy atom. The molecule has 0 radical (unpaired) electrons. The molecule has 0 aliphatic carbocycles. The number of rotatable bonds is 3. The van der Waals surface area contributed by atoms with E-state index in [2.05, 4.69) is 10.3 Å². The number of carboxylic acid groups (broad SMARTS) is 1. The summed E-state index contributed by atoms with van der Waals surface area (Å²) in [7, 11) is 0. The van der Waals surface area contributed by atoms with Crippen molar-refractivity contribution in [1.29, 1.82) is 0 Å². The van der Waals surface area contributed by atoms with Crippen LogP contribution in [0.15, 0.2) is 30.5 Å². The van der Waals surface area contributed by atoms with E-state index in [4.69, 9.17) is 5.11 Å². The van der Waals surface area contributed by atoms with E-state index in [1.165, 1.54) is 0 Å². The maximum Gasteiger partial charge on any atom is 0.328 e. The molecule has 0 bridgehead atoms. The van der Waals surface area contributed by atoms with Crippen LogP contribution in [-0.4, -0.2) is 22.0 Å². The summed E-state index contributed by atoms with van der Waals surface area (Å²) in [6.07, 6.45) is 3.26. The van der Waals surface area contributed by atoms with Crippen LogP contribution in [0.3, 0.4) is 0 Å². The monoisotopic (exact) mass is 206 g/mol. The van der Waals surface area contributed by atoms with Gasteiger partial charge in [-0.1, -0.05) is 6.07 Å². The topological polar surface area (TPSA) is 79.3 Å². The second-order valence-corrected chi connectivity index (χ2v) is 2.83. The van der Waals surface area contributed by atoms with Gasteiger partial charge in [0.05, 0.1) is 0 Å². The first-order chi connectivity index (χ1) is 7.09. The van der Waals surface area contributed by atoms with Crippen LogP contribution in [0, 0.1) is 6.92 Å². The number of aryl methyl sites for hydroxylation is 1. The molecule has 0 unspecified atom stereocenters. The van der Waals surface area contributed by atoms with E-state index in [1.807, 2.05) is 0 Å². The Balaban J connectivity index is 2.67. The van der Waals surface area contributed by atoms with Gasteiger partial charge in [-0.3, -0.25) is 4.79 Å². The van der Waals surface area contributed by atoms with Crippen molar-refractivity contribution in [3.63, 3.8) is 0 Å². The van der Waals surface area contributed by atoms with Crippen molar-refractivity contribution in [3.8, 4) is 0 Å². The zero-order valence-corrected chi connectivity index (χ0v) is 8.10. The van der Waals surface area contributed by atoms with Crippen LogP contribution in [0.4, 0.5) is 5.82 Å². The Bertz CT molecular complexity index is 413. The molecule has 0 saturated heterocycles. The highest BCUT2D eigenvalue weighted by molar-refractivity contribution is 6.02. The first-order valence-corrected chi connectivity index (χ1v) is 4.23. The Hall–Kier alpha value is -2.17. The lowest BCUT2D eigenvalue weighted by Crippen LogP contribution is -2.10. The number of amides is 1. The predicted octanol–water partition coefficient (Wildman–Crippen LogP) is 0.969. The molecule has 5 nitrogen and oxygen atoms in total. The minimum atomic E-state index is -1.16. The molecular formula is C10H10N2O3. The fourth-order valence-electron chi connectivity index (χ4n) is 0.922. The number of hydrogen-bond acceptors (Lipinski definition) is 3. The Kier molecular flexibility index (Phi) is 3.56. The summed E-state index contributed by atoms with van der Waals surface area (Å²) in [6, 6.07) is 3.54. The van der Waals surface area contributed by atoms with Crippen LogP contribution < -0.4 is 5.32 Å². The van der Waals surface area contributed by atoms with E-state index in [0.29, 0.717) is 5.82 Å². The lowest BCUT2D eigenvalue weighted by atomic mass is 10.3. The van der Waals surface area contributed by atoms with Crippen LogP contribution >= 0.6 is 0 Å². The third kappa shape index (κ3) is 3.60. The van der Waals surface area contributed by atoms with Gasteiger partial charge < -0.3 is 10.4 Å². The Labute approximate surface area is 86.5 Å². The Morgan fingerprint density at radius 1 is 1.47 bits per heavy atom. The van der Waals surface area contributed by atoms with E-state index >= 15 is 0 Å². The minimum absolute atomic E-state index is 0.428. The summed E-state index contributed by atoms with van der Waals surface area (Å²) < 4.78 is 0. The van der Waals surface area contributed by atoms with Crippen molar-refractivity contribution < 1.29 is 14.7 Å². The average molecular weight is 206 g/mol. The lowest BCUT2D eigenvalue weighted by molar-refractivity contribution is -0.131. The molecule has 5 heteroatoms. The highest BCUT2D eigenvalue weighted by Gasteiger charge is 2.01. The molecule has 78 valence electrons. The van der Waals surface area contributed by atoms with E-state index in [9.17, 15) is 9.59 Å². The number of nitrogens with one attached hydrogen (secondary N) is 1. The van der Waals surface area contributed by atoms with Gasteiger partial charge in [-0.15, -0.1) is 0 Å². The third-order valence-corrected chi connectivity index (χ3v) is 1.63. The van der Waals surface area contributed by atoms with Crippen LogP contribution in [0.2, 0.25) is 0 Å². The predicted molar refractivity (Wildman–Crippen MR) is 54.4 cm³/mol. The van der Waals surface area contributed by atoms with Gasteiger partial charge in [-0.25, -0.2) is 9.78 Å². The lowest BCUT2D eigenvalue weighted by Gasteiger charge is -2.03. The summed E-state index contributed by atoms with van der Waals surface area (Å²) in [4.78, 5) is 25.2. The van der Waals surface area contributed by atoms with Crippen molar-refractivity contribution >= 4 is 17.7 Å². The SMILES string of the molecule is Cc1cccnc1NC(=O)C=CC(=O)O. The van der Waals surface area contributed by atoms with Gasteiger partial charge in [0.15, 0.2) is 0 Å². The van der Waals surface area contributed by atoms with Crippen molar-refractivity contribution in [2.24, 2.45) is 0 Å². The standard InChI is InChI=1S/C10H10N2O3/c1-7-3-2-6-11-10(7)12-8(13)4-5-9(14)15/h2-6H,1H3,(H,14,15)(H,11,12,13). The molecule has 0 aliphatic rings. The number of aromatic nitrogens is 1. The summed E-state index contributed by atoms with van der Waals surface area (Å²) in [5, 5.41) is 10.8. The van der Waals surface area contributed by atoms with Crippen LogP contribution in [0.25, 0.3) is 0 Å². The molecule has 1 amide bonds. The van der Waals surface area contributed by atoms with Crippen molar-refractivity contribution in [2.45, 2.75) is 6.92 Å². The number of carbonyl (C=O) groups is 2. The van der Waals surface area contributed by atoms with E-state index in [-0.39, 0.29) is 0 Å². The summed E-state index contributed by atoms with van der Waals surface area (Å²) in [6.45, 7) is 1.80. The van der Waals surface area contributed by atoms with Gasteiger partial charge in [-0.05, 0) is 18.6 Å². The number of carboxylic acids is 1. The average Bonchev–Trinajstić information content (AvgIpc) is 2.18. The molecular weight excluding hydrogens is 196 g/mol. The van der Waals surface area contributed by atoms with Gasteiger partial charge in [0.1, 0.15) is 5.82 Å². The van der Waals surface area contributed by atoms with Crippen LogP contribution in [0.1, 0.15) is 5.56 Å². The third-order valence-electron chi connectivity index (χ3n) is 1.63. The molecule has 0 spiro atoms. The summed E-state index contributed by atoms with van der Waals surface area (Å²) in [5.41, 5.74) is 0.814. The number of carbonyl (C=O) groups excluding carboxylic acids is 1. The smallest absolute Gasteiger partial charge is 0.328 e. The van der Waals surface area contributed by atoms with Gasteiger partial charge in [0.2, 0.25) is 5.91 Å².